The lowest BCUT2D eigenvalue weighted by atomic mass is 9.93. The van der Waals surface area contributed by atoms with Crippen LogP contribution in [0.4, 0.5) is 0 Å². The highest BCUT2D eigenvalue weighted by Crippen LogP contribution is 2.20. The van der Waals surface area contributed by atoms with Gasteiger partial charge in [0.05, 0.1) is 5.92 Å². The molecule has 2 aliphatic rings. The summed E-state index contributed by atoms with van der Waals surface area (Å²) in [4.78, 5) is 26.8. The Bertz CT molecular complexity index is 405. The van der Waals surface area contributed by atoms with Crippen molar-refractivity contribution in [3.05, 3.63) is 0 Å². The van der Waals surface area contributed by atoms with Crippen molar-refractivity contribution in [3.8, 4) is 0 Å². The summed E-state index contributed by atoms with van der Waals surface area (Å²) in [7, 11) is 0. The van der Waals surface area contributed by atoms with Gasteiger partial charge in [0.25, 0.3) is 0 Å². The van der Waals surface area contributed by atoms with Gasteiger partial charge in [-0.3, -0.25) is 9.59 Å². The molecule has 4 atom stereocenters. The Labute approximate surface area is 146 Å². The molecule has 0 aromatic carbocycles. The minimum absolute atomic E-state index is 0. The monoisotopic (exact) mass is 345 g/mol. The van der Waals surface area contributed by atoms with E-state index in [0.717, 1.165) is 45.2 Å². The van der Waals surface area contributed by atoms with Crippen molar-refractivity contribution in [1.82, 2.24) is 15.5 Å². The zero-order chi connectivity index (χ0) is 16.1. The number of carbonyl (C=O) groups is 2. The van der Waals surface area contributed by atoms with E-state index in [2.05, 4.69) is 17.6 Å². The third-order valence-electron chi connectivity index (χ3n) is 5.23. The number of amides is 2. The maximum absolute atomic E-state index is 12.5. The second kappa shape index (κ2) is 9.48. The summed E-state index contributed by atoms with van der Waals surface area (Å²) in [6.45, 7) is 8.56. The third kappa shape index (κ3) is 5.35. The molecule has 0 spiro atoms. The van der Waals surface area contributed by atoms with Crippen LogP contribution in [0.25, 0.3) is 0 Å². The van der Waals surface area contributed by atoms with Crippen LogP contribution in [0.15, 0.2) is 0 Å². The van der Waals surface area contributed by atoms with Crippen molar-refractivity contribution in [1.29, 1.82) is 0 Å². The lowest BCUT2D eigenvalue weighted by Gasteiger charge is -2.36. The number of likely N-dealkylation sites (tertiary alicyclic amines) is 1. The summed E-state index contributed by atoms with van der Waals surface area (Å²) in [6.07, 6.45) is 4.83. The van der Waals surface area contributed by atoms with Crippen molar-refractivity contribution in [2.75, 3.05) is 19.6 Å². The van der Waals surface area contributed by atoms with Gasteiger partial charge in [-0.05, 0) is 45.6 Å². The molecule has 23 heavy (non-hydrogen) atoms. The molecule has 2 N–H and O–H groups in total. The van der Waals surface area contributed by atoms with Gasteiger partial charge >= 0.3 is 0 Å². The number of carbonyl (C=O) groups excluding carboxylic acids is 2. The predicted octanol–water partition coefficient (Wildman–Crippen LogP) is 1.95. The molecule has 2 heterocycles. The van der Waals surface area contributed by atoms with Gasteiger partial charge in [-0.15, -0.1) is 12.4 Å². The van der Waals surface area contributed by atoms with Crippen LogP contribution in [0.5, 0.6) is 0 Å². The van der Waals surface area contributed by atoms with Gasteiger partial charge in [0, 0.05) is 31.1 Å². The normalized spacial score (nSPS) is 29.3. The molecular formula is C17H32ClN3O2. The molecule has 0 radical (unpaired) electrons. The number of hydrogen-bond acceptors (Lipinski definition) is 3. The largest absolute Gasteiger partial charge is 0.352 e. The second-order valence-corrected chi connectivity index (χ2v) is 6.93. The molecule has 0 saturated carbocycles. The van der Waals surface area contributed by atoms with E-state index in [4.69, 9.17) is 0 Å². The van der Waals surface area contributed by atoms with Gasteiger partial charge in [-0.25, -0.2) is 0 Å². The molecule has 2 saturated heterocycles. The SMILES string of the molecule is CCC(C)C(=O)N1CCCC(C(=O)NC2CCCNC2C)C1.Cl. The quantitative estimate of drug-likeness (QED) is 0.818. The highest BCUT2D eigenvalue weighted by atomic mass is 35.5. The first kappa shape index (κ1) is 20.2. The van der Waals surface area contributed by atoms with Crippen molar-refractivity contribution < 1.29 is 9.59 Å². The fourth-order valence-corrected chi connectivity index (χ4v) is 3.42. The van der Waals surface area contributed by atoms with E-state index in [1.807, 2.05) is 18.7 Å². The molecule has 2 rings (SSSR count). The molecule has 2 amide bonds. The Balaban J connectivity index is 0.00000264. The lowest BCUT2D eigenvalue weighted by Crippen LogP contribution is -2.55. The smallest absolute Gasteiger partial charge is 0.225 e. The van der Waals surface area contributed by atoms with Crippen LogP contribution in [0, 0.1) is 11.8 Å². The minimum atomic E-state index is -0.0455. The average molecular weight is 346 g/mol. The highest BCUT2D eigenvalue weighted by Gasteiger charge is 2.32. The summed E-state index contributed by atoms with van der Waals surface area (Å²) < 4.78 is 0. The fraction of sp³-hybridized carbons (Fsp3) is 0.882. The molecular weight excluding hydrogens is 314 g/mol. The summed E-state index contributed by atoms with van der Waals surface area (Å²) in [6, 6.07) is 0.557. The summed E-state index contributed by atoms with van der Waals surface area (Å²) in [5.41, 5.74) is 0. The number of hydrogen-bond donors (Lipinski definition) is 2. The number of piperidine rings is 2. The standard InChI is InChI=1S/C17H31N3O2.ClH/c1-4-12(2)17(22)20-10-6-7-14(11-20)16(21)19-15-8-5-9-18-13(15)3;/h12-15,18H,4-11H2,1-3H3,(H,19,21);1H. The van der Waals surface area contributed by atoms with Crippen molar-refractivity contribution in [3.63, 3.8) is 0 Å². The number of rotatable bonds is 4. The first-order valence-electron chi connectivity index (χ1n) is 8.85. The van der Waals surface area contributed by atoms with E-state index in [0.29, 0.717) is 12.6 Å². The third-order valence-corrected chi connectivity index (χ3v) is 5.23. The highest BCUT2D eigenvalue weighted by molar-refractivity contribution is 5.85. The Morgan fingerprint density at radius 2 is 2.04 bits per heavy atom. The fourth-order valence-electron chi connectivity index (χ4n) is 3.42. The first-order chi connectivity index (χ1) is 10.5. The van der Waals surface area contributed by atoms with Crippen LogP contribution in [-0.4, -0.2) is 48.4 Å². The zero-order valence-corrected chi connectivity index (χ0v) is 15.5. The van der Waals surface area contributed by atoms with Gasteiger partial charge in [0.1, 0.15) is 0 Å². The molecule has 5 nitrogen and oxygen atoms in total. The van der Waals surface area contributed by atoms with E-state index in [-0.39, 0.29) is 42.1 Å². The van der Waals surface area contributed by atoms with E-state index >= 15 is 0 Å². The van der Waals surface area contributed by atoms with Crippen LogP contribution < -0.4 is 10.6 Å². The summed E-state index contributed by atoms with van der Waals surface area (Å²) in [5, 5.41) is 6.61. The maximum Gasteiger partial charge on any atom is 0.225 e. The lowest BCUT2D eigenvalue weighted by molar-refractivity contribution is -0.139. The van der Waals surface area contributed by atoms with Gasteiger partial charge in [0.15, 0.2) is 0 Å². The number of halogens is 1. The van der Waals surface area contributed by atoms with Gasteiger partial charge < -0.3 is 15.5 Å². The number of nitrogens with one attached hydrogen (secondary N) is 2. The molecule has 6 heteroatoms. The van der Waals surface area contributed by atoms with Crippen LogP contribution in [0.3, 0.4) is 0 Å². The van der Waals surface area contributed by atoms with E-state index in [1.165, 1.54) is 0 Å². The van der Waals surface area contributed by atoms with Crippen LogP contribution in [0.2, 0.25) is 0 Å². The average Bonchev–Trinajstić information content (AvgIpc) is 2.55. The molecule has 2 fully saturated rings. The topological polar surface area (TPSA) is 61.4 Å². The van der Waals surface area contributed by atoms with E-state index in [9.17, 15) is 9.59 Å². The molecule has 2 aliphatic heterocycles. The first-order valence-corrected chi connectivity index (χ1v) is 8.85. The van der Waals surface area contributed by atoms with Crippen LogP contribution in [-0.2, 0) is 9.59 Å². The Kier molecular flexibility index (Phi) is 8.34. The van der Waals surface area contributed by atoms with E-state index < -0.39 is 0 Å². The molecule has 0 aliphatic carbocycles. The van der Waals surface area contributed by atoms with Crippen molar-refractivity contribution >= 4 is 24.2 Å². The van der Waals surface area contributed by atoms with Crippen molar-refractivity contribution in [2.24, 2.45) is 11.8 Å². The van der Waals surface area contributed by atoms with E-state index in [1.54, 1.807) is 0 Å². The molecule has 0 aromatic heterocycles. The maximum atomic E-state index is 12.5. The summed E-state index contributed by atoms with van der Waals surface area (Å²) >= 11 is 0. The van der Waals surface area contributed by atoms with Gasteiger partial charge in [-0.2, -0.15) is 0 Å². The van der Waals surface area contributed by atoms with Crippen LogP contribution in [0.1, 0.15) is 52.9 Å². The summed E-state index contributed by atoms with van der Waals surface area (Å²) in [5.74, 6) is 0.343. The Hall–Kier alpha value is -0.810. The van der Waals surface area contributed by atoms with Crippen LogP contribution >= 0.6 is 12.4 Å². The number of nitrogens with zero attached hydrogens (tertiary/aromatic N) is 1. The Morgan fingerprint density at radius 3 is 2.70 bits per heavy atom. The molecule has 0 aromatic rings. The van der Waals surface area contributed by atoms with Crippen molar-refractivity contribution in [2.45, 2.75) is 65.0 Å². The zero-order valence-electron chi connectivity index (χ0n) is 14.6. The molecule has 4 unspecified atom stereocenters. The molecule has 0 bridgehead atoms. The molecule has 134 valence electrons. The van der Waals surface area contributed by atoms with Gasteiger partial charge in [-0.1, -0.05) is 13.8 Å². The second-order valence-electron chi connectivity index (χ2n) is 6.93. The van der Waals surface area contributed by atoms with Gasteiger partial charge in [0.2, 0.25) is 11.8 Å². The Morgan fingerprint density at radius 1 is 1.30 bits per heavy atom. The predicted molar refractivity (Wildman–Crippen MR) is 94.6 cm³/mol. The minimum Gasteiger partial charge on any atom is -0.352 e.